The number of rotatable bonds is 6. The molecule has 1 saturated carbocycles. The first kappa shape index (κ1) is 14.8. The van der Waals surface area contributed by atoms with Crippen molar-refractivity contribution in [2.45, 2.75) is 39.0 Å². The molecule has 1 amide bonds. The molecule has 4 heteroatoms. The molecule has 0 atom stereocenters. The standard InChI is InChI=1S/C18H22N2O2/c1-11-6-9-15-14(10-11)13(17(20-15)18(22)19-2)4-3-5-16(21)12-7-8-12/h6,9-10,12,20H,3-5,7-8H2,1-2H3,(H,19,22). The second-order valence-corrected chi connectivity index (χ2v) is 6.20. The molecule has 3 rings (SSSR count). The molecule has 1 heterocycles. The van der Waals surface area contributed by atoms with Gasteiger partial charge in [-0.3, -0.25) is 9.59 Å². The molecule has 22 heavy (non-hydrogen) atoms. The van der Waals surface area contributed by atoms with Crippen molar-refractivity contribution < 1.29 is 9.59 Å². The van der Waals surface area contributed by atoms with Gasteiger partial charge >= 0.3 is 0 Å². The molecule has 0 aliphatic heterocycles. The quantitative estimate of drug-likeness (QED) is 0.860. The highest BCUT2D eigenvalue weighted by Crippen LogP contribution is 2.32. The highest BCUT2D eigenvalue weighted by molar-refractivity contribution is 6.01. The van der Waals surface area contributed by atoms with Crippen LogP contribution in [-0.4, -0.2) is 23.7 Å². The van der Waals surface area contributed by atoms with E-state index < -0.39 is 0 Å². The number of carbonyl (C=O) groups is 2. The molecular weight excluding hydrogens is 276 g/mol. The second-order valence-electron chi connectivity index (χ2n) is 6.20. The molecular formula is C18H22N2O2. The van der Waals surface area contributed by atoms with Crippen molar-refractivity contribution >= 4 is 22.6 Å². The summed E-state index contributed by atoms with van der Waals surface area (Å²) in [5.41, 5.74) is 3.81. The number of hydrogen-bond donors (Lipinski definition) is 2. The van der Waals surface area contributed by atoms with E-state index in [1.807, 2.05) is 19.1 Å². The maximum absolute atomic E-state index is 12.1. The van der Waals surface area contributed by atoms with Gasteiger partial charge in [0.25, 0.3) is 5.91 Å². The number of hydrogen-bond acceptors (Lipinski definition) is 2. The van der Waals surface area contributed by atoms with Gasteiger partial charge in [-0.15, -0.1) is 0 Å². The fourth-order valence-electron chi connectivity index (χ4n) is 2.99. The Kier molecular flexibility index (Phi) is 4.01. The number of benzene rings is 1. The molecule has 0 saturated heterocycles. The fourth-order valence-corrected chi connectivity index (χ4v) is 2.99. The molecule has 1 aromatic carbocycles. The summed E-state index contributed by atoms with van der Waals surface area (Å²) in [6, 6.07) is 6.15. The fraction of sp³-hybridized carbons (Fsp3) is 0.444. The zero-order valence-electron chi connectivity index (χ0n) is 13.2. The Labute approximate surface area is 130 Å². The number of aryl methyl sites for hydroxylation is 2. The summed E-state index contributed by atoms with van der Waals surface area (Å²) in [5.74, 6) is 0.610. The van der Waals surface area contributed by atoms with Crippen LogP contribution in [0.4, 0.5) is 0 Å². The van der Waals surface area contributed by atoms with Gasteiger partial charge < -0.3 is 10.3 Å². The Morgan fingerprint density at radius 1 is 1.32 bits per heavy atom. The van der Waals surface area contributed by atoms with Crippen LogP contribution in [0.25, 0.3) is 10.9 Å². The third-order valence-corrected chi connectivity index (χ3v) is 4.40. The van der Waals surface area contributed by atoms with Crippen LogP contribution in [0.15, 0.2) is 18.2 Å². The van der Waals surface area contributed by atoms with Gasteiger partial charge in [-0.1, -0.05) is 11.6 Å². The summed E-state index contributed by atoms with van der Waals surface area (Å²) in [5, 5.41) is 3.78. The second kappa shape index (κ2) is 5.95. The zero-order chi connectivity index (χ0) is 15.7. The summed E-state index contributed by atoms with van der Waals surface area (Å²) in [6.07, 6.45) is 4.31. The highest BCUT2D eigenvalue weighted by Gasteiger charge is 2.28. The maximum Gasteiger partial charge on any atom is 0.267 e. The van der Waals surface area contributed by atoms with Crippen LogP contribution in [0.2, 0.25) is 0 Å². The van der Waals surface area contributed by atoms with Crippen molar-refractivity contribution in [3.05, 3.63) is 35.0 Å². The smallest absolute Gasteiger partial charge is 0.267 e. The SMILES string of the molecule is CNC(=O)c1[nH]c2ccc(C)cc2c1CCCC(=O)C1CC1. The van der Waals surface area contributed by atoms with E-state index in [-0.39, 0.29) is 5.91 Å². The van der Waals surface area contributed by atoms with Gasteiger partial charge in [0.1, 0.15) is 11.5 Å². The molecule has 0 radical (unpaired) electrons. The summed E-state index contributed by atoms with van der Waals surface area (Å²) in [7, 11) is 1.64. The number of aromatic amines is 1. The Balaban J connectivity index is 1.85. The number of fused-ring (bicyclic) bond motifs is 1. The third kappa shape index (κ3) is 2.91. The lowest BCUT2D eigenvalue weighted by molar-refractivity contribution is -0.120. The molecule has 0 unspecified atom stereocenters. The van der Waals surface area contributed by atoms with Crippen LogP contribution < -0.4 is 5.32 Å². The lowest BCUT2D eigenvalue weighted by Gasteiger charge is -2.04. The minimum atomic E-state index is -0.0997. The molecule has 116 valence electrons. The molecule has 0 spiro atoms. The lowest BCUT2D eigenvalue weighted by atomic mass is 10.0. The average molecular weight is 298 g/mol. The van der Waals surface area contributed by atoms with Crippen LogP contribution >= 0.6 is 0 Å². The van der Waals surface area contributed by atoms with E-state index in [9.17, 15) is 9.59 Å². The summed E-state index contributed by atoms with van der Waals surface area (Å²) in [6.45, 7) is 2.05. The van der Waals surface area contributed by atoms with Gasteiger partial charge in [-0.25, -0.2) is 0 Å². The molecule has 1 fully saturated rings. The van der Waals surface area contributed by atoms with Crippen LogP contribution in [0.3, 0.4) is 0 Å². The van der Waals surface area contributed by atoms with E-state index in [2.05, 4.69) is 16.4 Å². The molecule has 0 bridgehead atoms. The zero-order valence-corrected chi connectivity index (χ0v) is 13.2. The summed E-state index contributed by atoms with van der Waals surface area (Å²) in [4.78, 5) is 27.2. The first-order chi connectivity index (χ1) is 10.6. The molecule has 4 nitrogen and oxygen atoms in total. The van der Waals surface area contributed by atoms with Gasteiger partial charge in [-0.2, -0.15) is 0 Å². The largest absolute Gasteiger partial charge is 0.354 e. The topological polar surface area (TPSA) is 62.0 Å². The lowest BCUT2D eigenvalue weighted by Crippen LogP contribution is -2.19. The Bertz CT molecular complexity index is 726. The maximum atomic E-state index is 12.1. The molecule has 1 aromatic heterocycles. The molecule has 1 aliphatic rings. The minimum absolute atomic E-state index is 0.0997. The average Bonchev–Trinajstić information content (AvgIpc) is 3.30. The third-order valence-electron chi connectivity index (χ3n) is 4.40. The van der Waals surface area contributed by atoms with Gasteiger partial charge in [-0.05, 0) is 50.3 Å². The van der Waals surface area contributed by atoms with Crippen LogP contribution in [0, 0.1) is 12.8 Å². The summed E-state index contributed by atoms with van der Waals surface area (Å²) < 4.78 is 0. The summed E-state index contributed by atoms with van der Waals surface area (Å²) >= 11 is 0. The highest BCUT2D eigenvalue weighted by atomic mass is 16.1. The van der Waals surface area contributed by atoms with Crippen LogP contribution in [0.1, 0.15) is 47.3 Å². The van der Waals surface area contributed by atoms with Crippen molar-refractivity contribution in [2.75, 3.05) is 7.05 Å². The molecule has 1 aliphatic carbocycles. The van der Waals surface area contributed by atoms with Crippen molar-refractivity contribution in [3.63, 3.8) is 0 Å². The van der Waals surface area contributed by atoms with Crippen molar-refractivity contribution in [2.24, 2.45) is 5.92 Å². The number of aromatic nitrogens is 1. The van der Waals surface area contributed by atoms with Crippen molar-refractivity contribution in [1.29, 1.82) is 0 Å². The first-order valence-electron chi connectivity index (χ1n) is 7.96. The van der Waals surface area contributed by atoms with Crippen molar-refractivity contribution in [3.8, 4) is 0 Å². The number of carbonyl (C=O) groups excluding carboxylic acids is 2. The Hall–Kier alpha value is -2.10. The molecule has 2 aromatic rings. The van der Waals surface area contributed by atoms with Crippen LogP contribution in [-0.2, 0) is 11.2 Å². The van der Waals surface area contributed by atoms with Gasteiger partial charge in [0.2, 0.25) is 0 Å². The van der Waals surface area contributed by atoms with Crippen molar-refractivity contribution in [1.82, 2.24) is 10.3 Å². The predicted octanol–water partition coefficient (Wildman–Crippen LogP) is 3.14. The number of nitrogens with one attached hydrogen (secondary N) is 2. The van der Waals surface area contributed by atoms with E-state index in [1.54, 1.807) is 7.05 Å². The van der Waals surface area contributed by atoms with Gasteiger partial charge in [0, 0.05) is 30.3 Å². The van der Waals surface area contributed by atoms with E-state index in [0.29, 0.717) is 23.8 Å². The van der Waals surface area contributed by atoms with Crippen LogP contribution in [0.5, 0.6) is 0 Å². The molecule has 2 N–H and O–H groups in total. The number of ketones is 1. The number of H-pyrrole nitrogens is 1. The van der Waals surface area contributed by atoms with E-state index in [4.69, 9.17) is 0 Å². The minimum Gasteiger partial charge on any atom is -0.354 e. The van der Waals surface area contributed by atoms with E-state index in [1.165, 1.54) is 5.56 Å². The Morgan fingerprint density at radius 2 is 2.09 bits per heavy atom. The predicted molar refractivity (Wildman–Crippen MR) is 87.1 cm³/mol. The first-order valence-corrected chi connectivity index (χ1v) is 7.96. The Morgan fingerprint density at radius 3 is 2.77 bits per heavy atom. The number of Topliss-reactive ketones (excluding diaryl/α,β-unsaturated/α-hetero) is 1. The van der Waals surface area contributed by atoms with Gasteiger partial charge in [0.05, 0.1) is 0 Å². The van der Waals surface area contributed by atoms with E-state index >= 15 is 0 Å². The van der Waals surface area contributed by atoms with Gasteiger partial charge in [0.15, 0.2) is 0 Å². The monoisotopic (exact) mass is 298 g/mol. The van der Waals surface area contributed by atoms with E-state index in [0.717, 1.165) is 42.1 Å². The number of amides is 1. The normalized spacial score (nSPS) is 14.3.